The van der Waals surface area contributed by atoms with Crippen LogP contribution in [0.5, 0.6) is 0 Å². The van der Waals surface area contributed by atoms with Gasteiger partial charge in [-0.2, -0.15) is 0 Å². The van der Waals surface area contributed by atoms with Crippen molar-refractivity contribution in [3.8, 4) is 0 Å². The predicted octanol–water partition coefficient (Wildman–Crippen LogP) is 4.38. The molecule has 1 aliphatic rings. The van der Waals surface area contributed by atoms with E-state index >= 15 is 0 Å². The second kappa shape index (κ2) is 7.44. The van der Waals surface area contributed by atoms with E-state index in [-0.39, 0.29) is 12.1 Å². The highest BCUT2D eigenvalue weighted by molar-refractivity contribution is 6.30. The number of likely N-dealkylation sites (N-methyl/N-ethyl adjacent to an activating group) is 1. The van der Waals surface area contributed by atoms with Crippen molar-refractivity contribution >= 4 is 11.6 Å². The first-order chi connectivity index (χ1) is 9.63. The molecule has 1 aliphatic carbocycles. The zero-order valence-corrected chi connectivity index (χ0v) is 13.4. The molecule has 2 atom stereocenters. The molecule has 20 heavy (non-hydrogen) atoms. The number of nitrogens with two attached hydrogens (primary N) is 1. The van der Waals surface area contributed by atoms with Crippen molar-refractivity contribution in [3.05, 3.63) is 34.9 Å². The fourth-order valence-corrected chi connectivity index (χ4v) is 3.61. The number of halogens is 1. The molecule has 2 rings (SSSR count). The highest BCUT2D eigenvalue weighted by atomic mass is 35.5. The van der Waals surface area contributed by atoms with E-state index < -0.39 is 0 Å². The first kappa shape index (κ1) is 15.8. The first-order valence-electron chi connectivity index (χ1n) is 7.86. The van der Waals surface area contributed by atoms with Crippen LogP contribution in [-0.2, 0) is 0 Å². The fraction of sp³-hybridized carbons (Fsp3) is 0.647. The lowest BCUT2D eigenvalue weighted by Gasteiger charge is -2.40. The maximum Gasteiger partial charge on any atom is 0.0499 e. The number of rotatable bonds is 5. The predicted molar refractivity (Wildman–Crippen MR) is 87.1 cm³/mol. The zero-order chi connectivity index (χ0) is 14.5. The molecule has 0 aromatic heterocycles. The second-order valence-electron chi connectivity index (χ2n) is 6.03. The van der Waals surface area contributed by atoms with Crippen LogP contribution in [0.3, 0.4) is 0 Å². The van der Waals surface area contributed by atoms with Crippen molar-refractivity contribution < 1.29 is 0 Å². The van der Waals surface area contributed by atoms with Crippen LogP contribution in [0.4, 0.5) is 0 Å². The molecule has 0 radical (unpaired) electrons. The topological polar surface area (TPSA) is 29.3 Å². The van der Waals surface area contributed by atoms with Crippen LogP contribution in [0.2, 0.25) is 5.02 Å². The van der Waals surface area contributed by atoms with Gasteiger partial charge in [0.25, 0.3) is 0 Å². The summed E-state index contributed by atoms with van der Waals surface area (Å²) in [6, 6.07) is 9.27. The normalized spacial score (nSPS) is 20.1. The van der Waals surface area contributed by atoms with Crippen LogP contribution in [0.1, 0.15) is 57.1 Å². The minimum atomic E-state index is 0.153. The minimum absolute atomic E-state index is 0.153. The van der Waals surface area contributed by atoms with E-state index in [1.165, 1.54) is 37.7 Å². The summed E-state index contributed by atoms with van der Waals surface area (Å²) in [5.41, 5.74) is 7.67. The SMILES string of the molecule is CCC(N)C(c1cccc(Cl)c1)N(C)C1CCCCC1. The van der Waals surface area contributed by atoms with E-state index in [0.29, 0.717) is 6.04 Å². The van der Waals surface area contributed by atoms with Gasteiger partial charge in [0.1, 0.15) is 0 Å². The Kier molecular flexibility index (Phi) is 5.88. The molecule has 2 nitrogen and oxygen atoms in total. The van der Waals surface area contributed by atoms with E-state index in [1.54, 1.807) is 0 Å². The molecular weight excluding hydrogens is 268 g/mol. The van der Waals surface area contributed by atoms with Gasteiger partial charge in [0.05, 0.1) is 0 Å². The van der Waals surface area contributed by atoms with Gasteiger partial charge in [0, 0.05) is 23.1 Å². The van der Waals surface area contributed by atoms with Crippen LogP contribution in [-0.4, -0.2) is 24.0 Å². The largest absolute Gasteiger partial charge is 0.326 e. The molecule has 1 aromatic rings. The molecular formula is C17H27ClN2. The molecule has 0 saturated heterocycles. The second-order valence-corrected chi connectivity index (χ2v) is 6.47. The molecule has 1 fully saturated rings. The van der Waals surface area contributed by atoms with E-state index in [1.807, 2.05) is 12.1 Å². The Morgan fingerprint density at radius 3 is 2.60 bits per heavy atom. The van der Waals surface area contributed by atoms with Gasteiger partial charge in [-0.1, -0.05) is 49.9 Å². The van der Waals surface area contributed by atoms with Crippen molar-refractivity contribution in [2.75, 3.05) is 7.05 Å². The summed E-state index contributed by atoms with van der Waals surface area (Å²) in [5.74, 6) is 0. The molecule has 0 bridgehead atoms. The summed E-state index contributed by atoms with van der Waals surface area (Å²) in [6.45, 7) is 2.16. The lowest BCUT2D eigenvalue weighted by atomic mass is 9.90. The third-order valence-corrected chi connectivity index (χ3v) is 4.89. The molecule has 0 amide bonds. The van der Waals surface area contributed by atoms with Gasteiger partial charge in [-0.15, -0.1) is 0 Å². The summed E-state index contributed by atoms with van der Waals surface area (Å²) in [6.07, 6.45) is 7.64. The van der Waals surface area contributed by atoms with Crippen molar-refractivity contribution in [1.29, 1.82) is 0 Å². The lowest BCUT2D eigenvalue weighted by molar-refractivity contribution is 0.118. The van der Waals surface area contributed by atoms with Gasteiger partial charge in [-0.05, 0) is 44.0 Å². The third kappa shape index (κ3) is 3.75. The van der Waals surface area contributed by atoms with Gasteiger partial charge >= 0.3 is 0 Å². The average molecular weight is 295 g/mol. The summed E-state index contributed by atoms with van der Waals surface area (Å²) < 4.78 is 0. The number of benzene rings is 1. The van der Waals surface area contributed by atoms with E-state index in [9.17, 15) is 0 Å². The molecule has 3 heteroatoms. The van der Waals surface area contributed by atoms with Crippen LogP contribution in [0, 0.1) is 0 Å². The van der Waals surface area contributed by atoms with Gasteiger partial charge < -0.3 is 5.73 Å². The smallest absolute Gasteiger partial charge is 0.0499 e. The van der Waals surface area contributed by atoms with Crippen LogP contribution < -0.4 is 5.73 Å². The van der Waals surface area contributed by atoms with Crippen molar-refractivity contribution in [3.63, 3.8) is 0 Å². The Bertz CT molecular complexity index is 415. The lowest BCUT2D eigenvalue weighted by Crippen LogP contribution is -2.44. The standard InChI is InChI=1S/C17H27ClN2/c1-3-16(19)17(13-8-7-9-14(18)12-13)20(2)15-10-5-4-6-11-15/h7-9,12,15-17H,3-6,10-11,19H2,1-2H3. The Labute approximate surface area is 128 Å². The van der Waals surface area contributed by atoms with E-state index in [0.717, 1.165) is 11.4 Å². The van der Waals surface area contributed by atoms with Crippen molar-refractivity contribution in [2.24, 2.45) is 5.73 Å². The highest BCUT2D eigenvalue weighted by Gasteiger charge is 2.29. The van der Waals surface area contributed by atoms with Crippen LogP contribution in [0.25, 0.3) is 0 Å². The zero-order valence-electron chi connectivity index (χ0n) is 12.7. The summed E-state index contributed by atoms with van der Waals surface area (Å²) in [5, 5.41) is 0.799. The van der Waals surface area contributed by atoms with Crippen LogP contribution in [0.15, 0.2) is 24.3 Å². The highest BCUT2D eigenvalue weighted by Crippen LogP contribution is 2.32. The number of nitrogens with zero attached hydrogens (tertiary/aromatic N) is 1. The molecule has 2 unspecified atom stereocenters. The molecule has 1 aromatic carbocycles. The van der Waals surface area contributed by atoms with Gasteiger partial charge in [-0.25, -0.2) is 0 Å². The summed E-state index contributed by atoms with van der Waals surface area (Å²) >= 11 is 6.17. The first-order valence-corrected chi connectivity index (χ1v) is 8.24. The van der Waals surface area contributed by atoms with Crippen LogP contribution >= 0.6 is 11.6 Å². The van der Waals surface area contributed by atoms with Gasteiger partial charge in [0.15, 0.2) is 0 Å². The molecule has 0 spiro atoms. The van der Waals surface area contributed by atoms with E-state index in [4.69, 9.17) is 17.3 Å². The number of hydrogen-bond donors (Lipinski definition) is 1. The van der Waals surface area contributed by atoms with E-state index in [2.05, 4.69) is 31.0 Å². The molecule has 0 heterocycles. The summed E-state index contributed by atoms with van der Waals surface area (Å²) in [7, 11) is 2.23. The number of hydrogen-bond acceptors (Lipinski definition) is 2. The van der Waals surface area contributed by atoms with Crippen molar-refractivity contribution in [1.82, 2.24) is 4.90 Å². The third-order valence-electron chi connectivity index (χ3n) is 4.66. The maximum absolute atomic E-state index is 6.42. The molecule has 112 valence electrons. The Morgan fingerprint density at radius 2 is 2.00 bits per heavy atom. The Hall–Kier alpha value is -0.570. The Balaban J connectivity index is 2.22. The molecule has 1 saturated carbocycles. The minimum Gasteiger partial charge on any atom is -0.326 e. The van der Waals surface area contributed by atoms with Crippen molar-refractivity contribution in [2.45, 2.75) is 63.6 Å². The fourth-order valence-electron chi connectivity index (χ4n) is 3.41. The van der Waals surface area contributed by atoms with Gasteiger partial charge in [-0.3, -0.25) is 4.90 Å². The monoisotopic (exact) mass is 294 g/mol. The maximum atomic E-state index is 6.42. The summed E-state index contributed by atoms with van der Waals surface area (Å²) in [4.78, 5) is 2.50. The molecule has 2 N–H and O–H groups in total. The quantitative estimate of drug-likeness (QED) is 0.873. The Morgan fingerprint density at radius 1 is 1.30 bits per heavy atom. The average Bonchev–Trinajstić information content (AvgIpc) is 2.48. The van der Waals surface area contributed by atoms with Gasteiger partial charge in [0.2, 0.25) is 0 Å². The molecule has 0 aliphatic heterocycles.